The average molecular weight is 354 g/mol. The number of benzene rings is 1. The first kappa shape index (κ1) is 18.0. The minimum absolute atomic E-state index is 0.0776. The highest BCUT2D eigenvalue weighted by Gasteiger charge is 2.19. The maximum atomic E-state index is 12.2. The van der Waals surface area contributed by atoms with E-state index in [1.165, 1.54) is 5.69 Å². The van der Waals surface area contributed by atoms with Gasteiger partial charge in [0.05, 0.1) is 24.6 Å². The highest BCUT2D eigenvalue weighted by Crippen LogP contribution is 2.23. The Bertz CT molecular complexity index is 738. The molecule has 2 heterocycles. The van der Waals surface area contributed by atoms with Crippen LogP contribution in [-0.4, -0.2) is 50.2 Å². The van der Waals surface area contributed by atoms with Crippen LogP contribution in [0, 0.1) is 0 Å². The van der Waals surface area contributed by atoms with E-state index >= 15 is 0 Å². The SMILES string of the molecule is COc1ccc(N2CCN(c3cncc(C(=O)NC(C)C)c3)CC2)cc1. The fourth-order valence-corrected chi connectivity index (χ4v) is 3.09. The number of ether oxygens (including phenoxy) is 1. The number of methoxy groups -OCH3 is 1. The van der Waals surface area contributed by atoms with Crippen LogP contribution in [0.3, 0.4) is 0 Å². The summed E-state index contributed by atoms with van der Waals surface area (Å²) < 4.78 is 5.22. The molecule has 0 atom stereocenters. The first-order chi connectivity index (χ1) is 12.6. The van der Waals surface area contributed by atoms with Crippen molar-refractivity contribution in [3.8, 4) is 5.75 Å². The van der Waals surface area contributed by atoms with E-state index in [2.05, 4.69) is 32.2 Å². The number of amides is 1. The van der Waals surface area contributed by atoms with Crippen LogP contribution in [0.1, 0.15) is 24.2 Å². The predicted molar refractivity (Wildman–Crippen MR) is 104 cm³/mol. The van der Waals surface area contributed by atoms with Crippen LogP contribution in [0.5, 0.6) is 5.75 Å². The second-order valence-electron chi connectivity index (χ2n) is 6.73. The second kappa shape index (κ2) is 8.08. The summed E-state index contributed by atoms with van der Waals surface area (Å²) in [5, 5.41) is 2.91. The van der Waals surface area contributed by atoms with Crippen LogP contribution in [0.15, 0.2) is 42.7 Å². The number of anilines is 2. The Labute approximate surface area is 154 Å². The minimum atomic E-state index is -0.0776. The summed E-state index contributed by atoms with van der Waals surface area (Å²) in [5.74, 6) is 0.793. The molecule has 1 saturated heterocycles. The molecule has 1 N–H and O–H groups in total. The van der Waals surface area contributed by atoms with Gasteiger partial charge in [-0.3, -0.25) is 9.78 Å². The van der Waals surface area contributed by atoms with Gasteiger partial charge in [0.25, 0.3) is 5.91 Å². The molecule has 1 aromatic carbocycles. The molecule has 0 saturated carbocycles. The summed E-state index contributed by atoms with van der Waals surface area (Å²) >= 11 is 0. The zero-order valence-corrected chi connectivity index (χ0v) is 15.6. The lowest BCUT2D eigenvalue weighted by molar-refractivity contribution is 0.0943. The van der Waals surface area contributed by atoms with E-state index in [4.69, 9.17) is 4.74 Å². The lowest BCUT2D eigenvalue weighted by Gasteiger charge is -2.37. The Morgan fingerprint density at radius 1 is 1.04 bits per heavy atom. The molecule has 1 aromatic heterocycles. The molecule has 26 heavy (non-hydrogen) atoms. The van der Waals surface area contributed by atoms with Crippen LogP contribution < -0.4 is 19.9 Å². The van der Waals surface area contributed by atoms with Crippen molar-refractivity contribution in [1.29, 1.82) is 0 Å². The number of hydrogen-bond acceptors (Lipinski definition) is 5. The number of carbonyl (C=O) groups is 1. The van der Waals surface area contributed by atoms with Gasteiger partial charge < -0.3 is 19.9 Å². The molecule has 1 aliphatic heterocycles. The van der Waals surface area contributed by atoms with Crippen molar-refractivity contribution in [2.45, 2.75) is 19.9 Å². The molecule has 0 spiro atoms. The summed E-state index contributed by atoms with van der Waals surface area (Å²) in [6.07, 6.45) is 3.45. The van der Waals surface area contributed by atoms with Crippen LogP contribution in [0.25, 0.3) is 0 Å². The number of rotatable bonds is 5. The fraction of sp³-hybridized carbons (Fsp3) is 0.400. The third-order valence-electron chi connectivity index (χ3n) is 4.49. The van der Waals surface area contributed by atoms with E-state index in [1.54, 1.807) is 13.3 Å². The quantitative estimate of drug-likeness (QED) is 0.894. The smallest absolute Gasteiger partial charge is 0.253 e. The highest BCUT2D eigenvalue weighted by atomic mass is 16.5. The van der Waals surface area contributed by atoms with Gasteiger partial charge in [-0.1, -0.05) is 0 Å². The molecule has 6 heteroatoms. The Morgan fingerprint density at radius 3 is 2.23 bits per heavy atom. The van der Waals surface area contributed by atoms with E-state index in [-0.39, 0.29) is 11.9 Å². The van der Waals surface area contributed by atoms with Crippen molar-refractivity contribution in [3.63, 3.8) is 0 Å². The second-order valence-corrected chi connectivity index (χ2v) is 6.73. The summed E-state index contributed by atoms with van der Waals surface area (Å²) in [5.41, 5.74) is 2.80. The number of aromatic nitrogens is 1. The molecule has 1 amide bonds. The Morgan fingerprint density at radius 2 is 1.65 bits per heavy atom. The van der Waals surface area contributed by atoms with Crippen molar-refractivity contribution in [2.24, 2.45) is 0 Å². The summed E-state index contributed by atoms with van der Waals surface area (Å²) in [7, 11) is 1.68. The minimum Gasteiger partial charge on any atom is -0.497 e. The summed E-state index contributed by atoms with van der Waals surface area (Å²) in [4.78, 5) is 21.1. The molecule has 0 unspecified atom stereocenters. The van der Waals surface area contributed by atoms with E-state index in [0.717, 1.165) is 37.6 Å². The first-order valence-electron chi connectivity index (χ1n) is 8.96. The summed E-state index contributed by atoms with van der Waals surface area (Å²) in [6, 6.07) is 10.2. The topological polar surface area (TPSA) is 57.7 Å². The van der Waals surface area contributed by atoms with Crippen LogP contribution in [0.4, 0.5) is 11.4 Å². The maximum Gasteiger partial charge on any atom is 0.253 e. The molecular weight excluding hydrogens is 328 g/mol. The van der Waals surface area contributed by atoms with E-state index in [1.807, 2.05) is 38.2 Å². The van der Waals surface area contributed by atoms with Crippen LogP contribution in [0.2, 0.25) is 0 Å². The molecular formula is C20H26N4O2. The number of nitrogens with zero attached hydrogens (tertiary/aromatic N) is 3. The van der Waals surface area contributed by atoms with Gasteiger partial charge in [0, 0.05) is 44.1 Å². The van der Waals surface area contributed by atoms with Gasteiger partial charge in [-0.05, 0) is 44.2 Å². The van der Waals surface area contributed by atoms with Gasteiger partial charge in [-0.15, -0.1) is 0 Å². The number of piperazine rings is 1. The van der Waals surface area contributed by atoms with Gasteiger partial charge in [0.2, 0.25) is 0 Å². The molecule has 138 valence electrons. The monoisotopic (exact) mass is 354 g/mol. The van der Waals surface area contributed by atoms with E-state index in [0.29, 0.717) is 5.56 Å². The normalized spacial score (nSPS) is 14.5. The van der Waals surface area contributed by atoms with Crippen molar-refractivity contribution < 1.29 is 9.53 Å². The molecule has 6 nitrogen and oxygen atoms in total. The number of pyridine rings is 1. The molecule has 1 fully saturated rings. The van der Waals surface area contributed by atoms with Crippen LogP contribution >= 0.6 is 0 Å². The van der Waals surface area contributed by atoms with E-state index in [9.17, 15) is 4.79 Å². The van der Waals surface area contributed by atoms with Gasteiger partial charge in [0.1, 0.15) is 5.75 Å². The fourth-order valence-electron chi connectivity index (χ4n) is 3.09. The third kappa shape index (κ3) is 4.25. The van der Waals surface area contributed by atoms with Gasteiger partial charge in [-0.25, -0.2) is 0 Å². The van der Waals surface area contributed by atoms with Gasteiger partial charge >= 0.3 is 0 Å². The van der Waals surface area contributed by atoms with Crippen molar-refractivity contribution in [3.05, 3.63) is 48.3 Å². The molecule has 3 rings (SSSR count). The molecule has 1 aliphatic rings. The number of hydrogen-bond donors (Lipinski definition) is 1. The standard InChI is InChI=1S/C20H26N4O2/c1-15(2)22-20(25)16-12-18(14-21-13-16)24-10-8-23(9-11-24)17-4-6-19(26-3)7-5-17/h4-7,12-15H,8-11H2,1-3H3,(H,22,25). The van der Waals surface area contributed by atoms with Crippen molar-refractivity contribution in [2.75, 3.05) is 43.1 Å². The molecule has 0 aliphatic carbocycles. The largest absolute Gasteiger partial charge is 0.497 e. The number of nitrogens with one attached hydrogen (secondary N) is 1. The Balaban J connectivity index is 1.63. The lowest BCUT2D eigenvalue weighted by Crippen LogP contribution is -2.46. The average Bonchev–Trinajstić information content (AvgIpc) is 2.68. The maximum absolute atomic E-state index is 12.2. The highest BCUT2D eigenvalue weighted by molar-refractivity contribution is 5.94. The summed E-state index contributed by atoms with van der Waals surface area (Å²) in [6.45, 7) is 7.54. The number of carbonyl (C=O) groups excluding carboxylic acids is 1. The molecule has 0 bridgehead atoms. The van der Waals surface area contributed by atoms with Crippen molar-refractivity contribution in [1.82, 2.24) is 10.3 Å². The Kier molecular flexibility index (Phi) is 5.61. The zero-order valence-electron chi connectivity index (χ0n) is 15.6. The predicted octanol–water partition coefficient (Wildman–Crippen LogP) is 2.56. The molecule has 0 radical (unpaired) electrons. The van der Waals surface area contributed by atoms with Crippen LogP contribution in [-0.2, 0) is 0 Å². The molecule has 2 aromatic rings. The van der Waals surface area contributed by atoms with Crippen molar-refractivity contribution >= 4 is 17.3 Å². The van der Waals surface area contributed by atoms with Gasteiger partial charge in [-0.2, -0.15) is 0 Å². The van der Waals surface area contributed by atoms with Gasteiger partial charge in [0.15, 0.2) is 0 Å². The third-order valence-corrected chi connectivity index (χ3v) is 4.49. The zero-order chi connectivity index (χ0) is 18.5. The lowest BCUT2D eigenvalue weighted by atomic mass is 10.2. The van der Waals surface area contributed by atoms with E-state index < -0.39 is 0 Å². The Hall–Kier alpha value is -2.76. The first-order valence-corrected chi connectivity index (χ1v) is 8.96.